The molecule has 1 amide bonds. The van der Waals surface area contributed by atoms with E-state index in [1.165, 1.54) is 17.8 Å². The highest BCUT2D eigenvalue weighted by molar-refractivity contribution is 7.99. The lowest BCUT2D eigenvalue weighted by Gasteiger charge is -2.30. The first-order chi connectivity index (χ1) is 11.1. The smallest absolute Gasteiger partial charge is 0.233 e. The second-order valence-corrected chi connectivity index (χ2v) is 6.74. The summed E-state index contributed by atoms with van der Waals surface area (Å²) in [4.78, 5) is 18.3. The van der Waals surface area contributed by atoms with Crippen LogP contribution in [0.3, 0.4) is 0 Å². The summed E-state index contributed by atoms with van der Waals surface area (Å²) < 4.78 is 13.7. The summed E-state index contributed by atoms with van der Waals surface area (Å²) in [6.45, 7) is 3.87. The molecule has 1 fully saturated rings. The molecule has 1 N–H and O–H groups in total. The molecule has 0 aliphatic carbocycles. The molecule has 7 heteroatoms. The number of hydrogen-bond donors (Lipinski definition) is 1. The number of aromatic amines is 1. The quantitative estimate of drug-likeness (QED) is 0.873. The molecule has 0 atom stereocenters. The van der Waals surface area contributed by atoms with Crippen molar-refractivity contribution in [3.63, 3.8) is 0 Å². The van der Waals surface area contributed by atoms with Crippen LogP contribution in [0.25, 0.3) is 11.4 Å². The maximum atomic E-state index is 13.7. The number of aromatic nitrogens is 3. The third-order valence-corrected chi connectivity index (χ3v) is 4.89. The molecular formula is C16H19FN4OS. The Bertz CT molecular complexity index is 682. The third kappa shape index (κ3) is 3.90. The maximum absolute atomic E-state index is 13.7. The molecule has 3 rings (SSSR count). The molecule has 0 saturated carbocycles. The predicted octanol–water partition coefficient (Wildman–Crippen LogP) is 2.96. The molecule has 23 heavy (non-hydrogen) atoms. The van der Waals surface area contributed by atoms with Crippen LogP contribution in [0.4, 0.5) is 4.39 Å². The van der Waals surface area contributed by atoms with Gasteiger partial charge in [-0.2, -0.15) is 0 Å². The van der Waals surface area contributed by atoms with E-state index in [1.54, 1.807) is 18.2 Å². The Morgan fingerprint density at radius 2 is 2.13 bits per heavy atom. The van der Waals surface area contributed by atoms with Crippen molar-refractivity contribution in [1.82, 2.24) is 20.1 Å². The van der Waals surface area contributed by atoms with Crippen LogP contribution in [-0.2, 0) is 4.79 Å². The highest BCUT2D eigenvalue weighted by Crippen LogP contribution is 2.22. The molecule has 1 saturated heterocycles. The van der Waals surface area contributed by atoms with E-state index in [-0.39, 0.29) is 11.7 Å². The normalized spacial score (nSPS) is 15.8. The van der Waals surface area contributed by atoms with Crippen LogP contribution in [0.5, 0.6) is 0 Å². The minimum atomic E-state index is -0.348. The zero-order valence-electron chi connectivity index (χ0n) is 13.0. The Labute approximate surface area is 138 Å². The average molecular weight is 334 g/mol. The lowest BCUT2D eigenvalue weighted by atomic mass is 9.99. The van der Waals surface area contributed by atoms with Crippen molar-refractivity contribution in [3.05, 3.63) is 30.1 Å². The number of carbonyl (C=O) groups excluding carboxylic acids is 1. The Kier molecular flexibility index (Phi) is 4.95. The van der Waals surface area contributed by atoms with E-state index in [0.717, 1.165) is 25.9 Å². The number of nitrogens with one attached hydrogen (secondary N) is 1. The monoisotopic (exact) mass is 334 g/mol. The number of amides is 1. The number of rotatable bonds is 4. The lowest BCUT2D eigenvalue weighted by molar-refractivity contribution is -0.129. The second-order valence-electron chi connectivity index (χ2n) is 5.80. The van der Waals surface area contributed by atoms with Crippen molar-refractivity contribution in [1.29, 1.82) is 0 Å². The highest BCUT2D eigenvalue weighted by Gasteiger charge is 2.20. The molecule has 0 bridgehead atoms. The van der Waals surface area contributed by atoms with E-state index in [0.29, 0.717) is 28.2 Å². The summed E-state index contributed by atoms with van der Waals surface area (Å²) in [6.07, 6.45) is 2.13. The van der Waals surface area contributed by atoms with Crippen molar-refractivity contribution in [3.8, 4) is 11.4 Å². The van der Waals surface area contributed by atoms with Gasteiger partial charge in [0.05, 0.1) is 11.3 Å². The number of piperidine rings is 1. The van der Waals surface area contributed by atoms with E-state index in [9.17, 15) is 9.18 Å². The summed E-state index contributed by atoms with van der Waals surface area (Å²) in [6, 6.07) is 6.40. The molecule has 1 aromatic heterocycles. The molecule has 5 nitrogen and oxygen atoms in total. The first-order valence-electron chi connectivity index (χ1n) is 7.71. The van der Waals surface area contributed by atoms with Crippen LogP contribution < -0.4 is 0 Å². The van der Waals surface area contributed by atoms with Gasteiger partial charge in [-0.3, -0.25) is 9.89 Å². The number of hydrogen-bond acceptors (Lipinski definition) is 4. The number of nitrogens with zero attached hydrogens (tertiary/aromatic N) is 3. The van der Waals surface area contributed by atoms with Crippen LogP contribution in [-0.4, -0.2) is 44.8 Å². The molecule has 122 valence electrons. The minimum Gasteiger partial charge on any atom is -0.342 e. The summed E-state index contributed by atoms with van der Waals surface area (Å²) in [5, 5.41) is 7.24. The summed E-state index contributed by atoms with van der Waals surface area (Å²) in [5.41, 5.74) is 0.378. The fourth-order valence-electron chi connectivity index (χ4n) is 2.56. The molecule has 1 aliphatic heterocycles. The highest BCUT2D eigenvalue weighted by atomic mass is 32.2. The molecular weight excluding hydrogens is 315 g/mol. The molecule has 2 heterocycles. The largest absolute Gasteiger partial charge is 0.342 e. The summed E-state index contributed by atoms with van der Waals surface area (Å²) in [5.74, 6) is 1.15. The van der Waals surface area contributed by atoms with Gasteiger partial charge in [-0.25, -0.2) is 9.37 Å². The molecule has 0 unspecified atom stereocenters. The maximum Gasteiger partial charge on any atom is 0.233 e. The van der Waals surface area contributed by atoms with Gasteiger partial charge in [-0.1, -0.05) is 30.8 Å². The predicted molar refractivity (Wildman–Crippen MR) is 87.5 cm³/mol. The van der Waals surface area contributed by atoms with Gasteiger partial charge in [-0.05, 0) is 30.9 Å². The SMILES string of the molecule is CC1CCN(C(=O)CSc2n[nH]c(-c3ccccc3F)n2)CC1. The van der Waals surface area contributed by atoms with E-state index >= 15 is 0 Å². The van der Waals surface area contributed by atoms with Crippen molar-refractivity contribution in [2.24, 2.45) is 5.92 Å². The number of benzene rings is 1. The van der Waals surface area contributed by atoms with Crippen molar-refractivity contribution in [2.45, 2.75) is 24.9 Å². The van der Waals surface area contributed by atoms with E-state index in [4.69, 9.17) is 0 Å². The molecule has 1 aliphatic rings. The molecule has 1 aromatic carbocycles. The molecule has 2 aromatic rings. The van der Waals surface area contributed by atoms with Gasteiger partial charge < -0.3 is 4.90 Å². The number of carbonyl (C=O) groups is 1. The lowest BCUT2D eigenvalue weighted by Crippen LogP contribution is -2.38. The van der Waals surface area contributed by atoms with Crippen LogP contribution in [0.2, 0.25) is 0 Å². The number of H-pyrrole nitrogens is 1. The van der Waals surface area contributed by atoms with Gasteiger partial charge in [0.2, 0.25) is 11.1 Å². The van der Waals surface area contributed by atoms with Gasteiger partial charge in [0.25, 0.3) is 0 Å². The molecule has 0 radical (unpaired) electrons. The van der Waals surface area contributed by atoms with Gasteiger partial charge in [-0.15, -0.1) is 5.10 Å². The zero-order chi connectivity index (χ0) is 16.2. The van der Waals surface area contributed by atoms with E-state index < -0.39 is 0 Å². The molecule has 0 spiro atoms. The number of halogens is 1. The van der Waals surface area contributed by atoms with Crippen LogP contribution >= 0.6 is 11.8 Å². The van der Waals surface area contributed by atoms with Crippen molar-refractivity contribution >= 4 is 17.7 Å². The Morgan fingerprint density at radius 3 is 2.87 bits per heavy atom. The van der Waals surface area contributed by atoms with Crippen molar-refractivity contribution in [2.75, 3.05) is 18.8 Å². The van der Waals surface area contributed by atoms with Crippen molar-refractivity contribution < 1.29 is 9.18 Å². The second kappa shape index (κ2) is 7.12. The zero-order valence-corrected chi connectivity index (χ0v) is 13.8. The van der Waals surface area contributed by atoms with E-state index in [2.05, 4.69) is 22.1 Å². The topological polar surface area (TPSA) is 61.9 Å². The number of likely N-dealkylation sites (tertiary alicyclic amines) is 1. The Hall–Kier alpha value is -1.89. The van der Waals surface area contributed by atoms with Crippen LogP contribution in [0, 0.1) is 11.7 Å². The van der Waals surface area contributed by atoms with Crippen LogP contribution in [0.15, 0.2) is 29.4 Å². The summed E-state index contributed by atoms with van der Waals surface area (Å²) >= 11 is 1.28. The standard InChI is InChI=1S/C16H19FN4OS/c1-11-6-8-21(9-7-11)14(22)10-23-16-18-15(19-20-16)12-4-2-3-5-13(12)17/h2-5,11H,6-10H2,1H3,(H,18,19,20). The van der Waals surface area contributed by atoms with Gasteiger partial charge in [0, 0.05) is 13.1 Å². The minimum absolute atomic E-state index is 0.110. The summed E-state index contributed by atoms with van der Waals surface area (Å²) in [7, 11) is 0. The first-order valence-corrected chi connectivity index (χ1v) is 8.70. The fourth-order valence-corrected chi connectivity index (χ4v) is 3.26. The van der Waals surface area contributed by atoms with Gasteiger partial charge >= 0.3 is 0 Å². The number of thioether (sulfide) groups is 1. The Balaban J connectivity index is 1.57. The van der Waals surface area contributed by atoms with E-state index in [1.807, 2.05) is 4.90 Å². The first kappa shape index (κ1) is 16.0. The van der Waals surface area contributed by atoms with Gasteiger partial charge in [0.1, 0.15) is 5.82 Å². The third-order valence-electron chi connectivity index (χ3n) is 4.05. The fraction of sp³-hybridized carbons (Fsp3) is 0.438. The van der Waals surface area contributed by atoms with Crippen LogP contribution in [0.1, 0.15) is 19.8 Å². The Morgan fingerprint density at radius 1 is 1.39 bits per heavy atom. The van der Waals surface area contributed by atoms with Gasteiger partial charge in [0.15, 0.2) is 5.82 Å². The average Bonchev–Trinajstić information content (AvgIpc) is 3.02.